The van der Waals surface area contributed by atoms with E-state index in [0.29, 0.717) is 60.9 Å². The van der Waals surface area contributed by atoms with Crippen LogP contribution in [0.1, 0.15) is 61.9 Å². The lowest BCUT2D eigenvalue weighted by molar-refractivity contribution is -0.143. The van der Waals surface area contributed by atoms with Crippen molar-refractivity contribution in [1.82, 2.24) is 9.47 Å². The molecule has 4 rings (SSSR count). The third kappa shape index (κ3) is 8.33. The number of hydrogen-bond acceptors (Lipinski definition) is 6. The van der Waals surface area contributed by atoms with Crippen LogP contribution in [0.15, 0.2) is 42.6 Å². The molecule has 1 fully saturated rings. The van der Waals surface area contributed by atoms with E-state index in [0.717, 1.165) is 23.7 Å². The standard InChI is InChI=1S/C33H41Cl2N3O6/c1-5-23(10-9-13-32(40)43-6-2)44-20-22-16-24(42-4)18-38(22)31(39)15-21-14-28(35)29(17-27(21)34)36-33(41)26-19-37(3)30-12-8-7-11-25(26)30/h7-8,11-12,14,17,19,22-24H,5-6,9-10,13,15-16,18,20H2,1-4H3,(H,36,41)/t22-,23?,24-/m0/s1. The van der Waals surface area contributed by atoms with Crippen LogP contribution in [0.4, 0.5) is 5.69 Å². The van der Waals surface area contributed by atoms with Crippen molar-refractivity contribution in [2.24, 2.45) is 7.05 Å². The second kappa shape index (κ2) is 15.8. The number of aryl methyl sites for hydroxylation is 1. The molecule has 0 aliphatic carbocycles. The Balaban J connectivity index is 1.38. The molecule has 0 radical (unpaired) electrons. The molecule has 11 heteroatoms. The maximum atomic E-state index is 13.5. The van der Waals surface area contributed by atoms with Gasteiger partial charge in [0.15, 0.2) is 0 Å². The van der Waals surface area contributed by atoms with Crippen LogP contribution in [0.25, 0.3) is 10.9 Å². The molecule has 0 saturated carbocycles. The van der Waals surface area contributed by atoms with E-state index in [2.05, 4.69) is 5.32 Å². The van der Waals surface area contributed by atoms with Gasteiger partial charge in [0.1, 0.15) is 0 Å². The number of rotatable bonds is 14. The molecular weight excluding hydrogens is 605 g/mol. The minimum atomic E-state index is -0.305. The summed E-state index contributed by atoms with van der Waals surface area (Å²) in [5.74, 6) is -0.615. The summed E-state index contributed by atoms with van der Waals surface area (Å²) >= 11 is 13.2. The SMILES string of the molecule is CCOC(=O)CCCC(CC)OC[C@@H]1C[C@H](OC)CN1C(=O)Cc1cc(Cl)c(NC(=O)c2cn(C)c3ccccc23)cc1Cl. The van der Waals surface area contributed by atoms with E-state index in [1.807, 2.05) is 42.8 Å². The number of aromatic nitrogens is 1. The average Bonchev–Trinajstić information content (AvgIpc) is 3.58. The Morgan fingerprint density at radius 2 is 1.89 bits per heavy atom. The van der Waals surface area contributed by atoms with Gasteiger partial charge < -0.3 is 29.0 Å². The highest BCUT2D eigenvalue weighted by molar-refractivity contribution is 6.36. The van der Waals surface area contributed by atoms with Crippen molar-refractivity contribution >= 4 is 57.6 Å². The van der Waals surface area contributed by atoms with Gasteiger partial charge in [-0.05, 0) is 56.4 Å². The summed E-state index contributed by atoms with van der Waals surface area (Å²) in [6.45, 7) is 5.04. The molecule has 0 spiro atoms. The van der Waals surface area contributed by atoms with E-state index in [1.54, 1.807) is 37.3 Å². The molecule has 0 bridgehead atoms. The number of amides is 2. The number of carbonyl (C=O) groups is 3. The molecule has 44 heavy (non-hydrogen) atoms. The highest BCUT2D eigenvalue weighted by Crippen LogP contribution is 2.32. The summed E-state index contributed by atoms with van der Waals surface area (Å²) in [5, 5.41) is 4.32. The predicted octanol–water partition coefficient (Wildman–Crippen LogP) is 6.42. The Morgan fingerprint density at radius 1 is 1.11 bits per heavy atom. The van der Waals surface area contributed by atoms with E-state index in [4.69, 9.17) is 37.4 Å². The minimum Gasteiger partial charge on any atom is -0.466 e. The number of fused-ring (bicyclic) bond motifs is 1. The first kappa shape index (κ1) is 33.8. The quantitative estimate of drug-likeness (QED) is 0.203. The van der Waals surface area contributed by atoms with Gasteiger partial charge in [-0.25, -0.2) is 0 Å². The summed E-state index contributed by atoms with van der Waals surface area (Å²) in [7, 11) is 3.53. The summed E-state index contributed by atoms with van der Waals surface area (Å²) in [6, 6.07) is 10.7. The lowest BCUT2D eigenvalue weighted by atomic mass is 10.1. The topological polar surface area (TPSA) is 99.1 Å². The minimum absolute atomic E-state index is 0.0205. The average molecular weight is 647 g/mol. The van der Waals surface area contributed by atoms with Crippen LogP contribution < -0.4 is 5.32 Å². The summed E-state index contributed by atoms with van der Waals surface area (Å²) < 4.78 is 18.7. The van der Waals surface area contributed by atoms with Crippen molar-refractivity contribution in [3.05, 3.63) is 63.8 Å². The van der Waals surface area contributed by atoms with Crippen LogP contribution >= 0.6 is 23.2 Å². The highest BCUT2D eigenvalue weighted by Gasteiger charge is 2.36. The zero-order valence-corrected chi connectivity index (χ0v) is 27.2. The summed E-state index contributed by atoms with van der Waals surface area (Å²) in [6.07, 6.45) is 4.95. The molecule has 2 heterocycles. The van der Waals surface area contributed by atoms with Gasteiger partial charge in [-0.1, -0.05) is 48.3 Å². The lowest BCUT2D eigenvalue weighted by Gasteiger charge is -2.27. The monoisotopic (exact) mass is 645 g/mol. The molecular formula is C33H41Cl2N3O6. The number of halogens is 2. The third-order valence-corrected chi connectivity index (χ3v) is 8.75. The molecule has 1 aromatic heterocycles. The molecule has 1 saturated heterocycles. The second-order valence-corrected chi connectivity index (χ2v) is 11.9. The van der Waals surface area contributed by atoms with Gasteiger partial charge in [-0.3, -0.25) is 14.4 Å². The van der Waals surface area contributed by atoms with E-state index in [-0.39, 0.29) is 47.5 Å². The van der Waals surface area contributed by atoms with Gasteiger partial charge in [-0.2, -0.15) is 0 Å². The first-order chi connectivity index (χ1) is 21.1. The number of nitrogens with one attached hydrogen (secondary N) is 1. The van der Waals surface area contributed by atoms with Crippen molar-refractivity contribution in [2.45, 2.75) is 70.6 Å². The highest BCUT2D eigenvalue weighted by atomic mass is 35.5. The maximum absolute atomic E-state index is 13.5. The molecule has 1 aliphatic rings. The molecule has 2 amide bonds. The summed E-state index contributed by atoms with van der Waals surface area (Å²) in [4.78, 5) is 40.2. The number of hydrogen-bond donors (Lipinski definition) is 1. The van der Waals surface area contributed by atoms with Crippen LogP contribution in [0.5, 0.6) is 0 Å². The van der Waals surface area contributed by atoms with Gasteiger partial charge in [0.25, 0.3) is 5.91 Å². The fourth-order valence-corrected chi connectivity index (χ4v) is 6.13. The normalized spacial score (nSPS) is 17.2. The van der Waals surface area contributed by atoms with Crippen LogP contribution in [0, 0.1) is 0 Å². The Labute approximate surface area is 268 Å². The molecule has 1 N–H and O–H groups in total. The molecule has 3 aromatic rings. The Bertz CT molecular complexity index is 1480. The number of esters is 1. The number of nitrogens with zero attached hydrogens (tertiary/aromatic N) is 2. The van der Waals surface area contributed by atoms with Gasteiger partial charge in [-0.15, -0.1) is 0 Å². The fourth-order valence-electron chi connectivity index (χ4n) is 5.66. The zero-order valence-electron chi connectivity index (χ0n) is 25.7. The molecule has 3 atom stereocenters. The van der Waals surface area contributed by atoms with Gasteiger partial charge in [0, 0.05) is 49.2 Å². The molecule has 9 nitrogen and oxygen atoms in total. The number of methoxy groups -OCH3 is 1. The second-order valence-electron chi connectivity index (χ2n) is 11.1. The van der Waals surface area contributed by atoms with Crippen molar-refractivity contribution in [3.63, 3.8) is 0 Å². The first-order valence-electron chi connectivity index (χ1n) is 15.1. The smallest absolute Gasteiger partial charge is 0.305 e. The van der Waals surface area contributed by atoms with Crippen LogP contribution in [0.2, 0.25) is 10.0 Å². The number of likely N-dealkylation sites (tertiary alicyclic amines) is 1. The van der Waals surface area contributed by atoms with E-state index in [1.165, 1.54) is 0 Å². The third-order valence-electron chi connectivity index (χ3n) is 8.09. The number of anilines is 1. The van der Waals surface area contributed by atoms with Crippen molar-refractivity contribution in [2.75, 3.05) is 32.2 Å². The Morgan fingerprint density at radius 3 is 2.61 bits per heavy atom. The van der Waals surface area contributed by atoms with Crippen molar-refractivity contribution in [1.29, 1.82) is 0 Å². The zero-order chi connectivity index (χ0) is 31.8. The number of carbonyl (C=O) groups excluding carboxylic acids is 3. The predicted molar refractivity (Wildman–Crippen MR) is 172 cm³/mol. The Kier molecular flexibility index (Phi) is 12.1. The number of benzene rings is 2. The van der Waals surface area contributed by atoms with E-state index in [9.17, 15) is 14.4 Å². The fraction of sp³-hybridized carbons (Fsp3) is 0.485. The lowest BCUT2D eigenvalue weighted by Crippen LogP contribution is -2.40. The van der Waals surface area contributed by atoms with Crippen molar-refractivity contribution in [3.8, 4) is 0 Å². The van der Waals surface area contributed by atoms with Gasteiger partial charge >= 0.3 is 5.97 Å². The molecule has 2 aromatic carbocycles. The maximum Gasteiger partial charge on any atom is 0.305 e. The number of para-hydroxylation sites is 1. The Hall–Kier alpha value is -3.11. The molecule has 1 unspecified atom stereocenters. The van der Waals surface area contributed by atoms with Crippen LogP contribution in [0.3, 0.4) is 0 Å². The molecule has 238 valence electrons. The van der Waals surface area contributed by atoms with Crippen molar-refractivity contribution < 1.29 is 28.6 Å². The van der Waals surface area contributed by atoms with Gasteiger partial charge in [0.2, 0.25) is 5.91 Å². The number of ether oxygens (including phenoxy) is 3. The first-order valence-corrected chi connectivity index (χ1v) is 15.8. The van der Waals surface area contributed by atoms with Gasteiger partial charge in [0.05, 0.1) is 54.2 Å². The van der Waals surface area contributed by atoms with Crippen LogP contribution in [-0.4, -0.2) is 72.4 Å². The largest absolute Gasteiger partial charge is 0.466 e. The van der Waals surface area contributed by atoms with E-state index >= 15 is 0 Å². The van der Waals surface area contributed by atoms with Crippen LogP contribution in [-0.2, 0) is 37.3 Å². The molecule has 1 aliphatic heterocycles. The van der Waals surface area contributed by atoms with E-state index < -0.39 is 0 Å². The summed E-state index contributed by atoms with van der Waals surface area (Å²) in [5.41, 5.74) is 2.40.